The van der Waals surface area contributed by atoms with Crippen LogP contribution in [0.25, 0.3) is 10.9 Å². The van der Waals surface area contributed by atoms with Crippen molar-refractivity contribution in [3.05, 3.63) is 95.7 Å². The molecule has 0 saturated heterocycles. The first-order valence-corrected chi connectivity index (χ1v) is 9.21. The molecule has 2 N–H and O–H groups in total. The molecular formula is C23H19N3O3. The summed E-state index contributed by atoms with van der Waals surface area (Å²) < 4.78 is 5.16. The first-order chi connectivity index (χ1) is 14.2. The molecule has 0 saturated carbocycles. The quantitative estimate of drug-likeness (QED) is 0.492. The van der Waals surface area contributed by atoms with Gasteiger partial charge in [0.2, 0.25) is 0 Å². The number of nitrogens with one attached hydrogen (secondary N) is 2. The molecule has 29 heavy (non-hydrogen) atoms. The predicted octanol–water partition coefficient (Wildman–Crippen LogP) is 3.95. The van der Waals surface area contributed by atoms with E-state index >= 15 is 0 Å². The van der Waals surface area contributed by atoms with Crippen LogP contribution in [-0.2, 0) is 16.0 Å². The standard InChI is InChI=1S/C23H19N3O3/c27-22(15-29-23(28)18-10-11-19-14-24-26-21(19)13-18)25-20-9-5-4-8-17(20)12-16-6-2-1-3-7-16/h1-11,13-14H,12,15H2,(H,24,26)(H,25,27). The number of anilines is 1. The van der Waals surface area contributed by atoms with Crippen molar-refractivity contribution in [2.24, 2.45) is 0 Å². The fourth-order valence-corrected chi connectivity index (χ4v) is 3.08. The lowest BCUT2D eigenvalue weighted by molar-refractivity contribution is -0.119. The van der Waals surface area contributed by atoms with E-state index in [1.807, 2.05) is 54.6 Å². The van der Waals surface area contributed by atoms with Gasteiger partial charge in [0.25, 0.3) is 5.91 Å². The number of amides is 1. The van der Waals surface area contributed by atoms with Crippen LogP contribution in [0.2, 0.25) is 0 Å². The van der Waals surface area contributed by atoms with Gasteiger partial charge in [0, 0.05) is 11.1 Å². The number of ether oxygens (including phenoxy) is 1. The number of hydrogen-bond donors (Lipinski definition) is 2. The van der Waals surface area contributed by atoms with E-state index in [1.54, 1.807) is 24.4 Å². The Morgan fingerprint density at radius 3 is 2.62 bits per heavy atom. The minimum absolute atomic E-state index is 0.360. The number of para-hydroxylation sites is 1. The molecule has 1 heterocycles. The fourth-order valence-electron chi connectivity index (χ4n) is 3.08. The maximum Gasteiger partial charge on any atom is 0.338 e. The lowest BCUT2D eigenvalue weighted by Crippen LogP contribution is -2.21. The van der Waals surface area contributed by atoms with Gasteiger partial charge in [-0.25, -0.2) is 4.79 Å². The van der Waals surface area contributed by atoms with Crippen molar-refractivity contribution < 1.29 is 14.3 Å². The van der Waals surface area contributed by atoms with Gasteiger partial charge in [-0.1, -0.05) is 54.6 Å². The Balaban J connectivity index is 1.38. The van der Waals surface area contributed by atoms with Gasteiger partial charge in [-0.05, 0) is 35.7 Å². The molecule has 0 aliphatic rings. The van der Waals surface area contributed by atoms with Gasteiger partial charge in [-0.15, -0.1) is 0 Å². The summed E-state index contributed by atoms with van der Waals surface area (Å²) in [5.41, 5.74) is 3.94. The number of fused-ring (bicyclic) bond motifs is 1. The van der Waals surface area contributed by atoms with Gasteiger partial charge < -0.3 is 10.1 Å². The second kappa shape index (κ2) is 8.39. The average Bonchev–Trinajstić information content (AvgIpc) is 3.22. The van der Waals surface area contributed by atoms with Crippen LogP contribution in [0.15, 0.2) is 79.0 Å². The fraction of sp³-hybridized carbons (Fsp3) is 0.0870. The molecule has 0 unspecified atom stereocenters. The van der Waals surface area contributed by atoms with Gasteiger partial charge in [0.1, 0.15) is 0 Å². The maximum atomic E-state index is 12.3. The molecule has 6 heteroatoms. The molecule has 0 aliphatic carbocycles. The summed E-state index contributed by atoms with van der Waals surface area (Å²) in [4.78, 5) is 24.6. The summed E-state index contributed by atoms with van der Waals surface area (Å²) in [7, 11) is 0. The van der Waals surface area contributed by atoms with E-state index in [1.165, 1.54) is 0 Å². The number of rotatable bonds is 6. The normalized spacial score (nSPS) is 10.6. The Hall–Kier alpha value is -3.93. The summed E-state index contributed by atoms with van der Waals surface area (Å²) >= 11 is 0. The zero-order valence-electron chi connectivity index (χ0n) is 15.6. The number of carbonyl (C=O) groups excluding carboxylic acids is 2. The third-order valence-corrected chi connectivity index (χ3v) is 4.54. The molecule has 1 aromatic heterocycles. The van der Waals surface area contributed by atoms with E-state index in [2.05, 4.69) is 15.5 Å². The molecule has 4 rings (SSSR count). The van der Waals surface area contributed by atoms with Gasteiger partial charge in [0.05, 0.1) is 17.3 Å². The monoisotopic (exact) mass is 385 g/mol. The number of benzene rings is 3. The van der Waals surface area contributed by atoms with E-state index in [4.69, 9.17) is 4.74 Å². The minimum atomic E-state index is -0.561. The van der Waals surface area contributed by atoms with Crippen molar-refractivity contribution in [3.8, 4) is 0 Å². The molecule has 0 fully saturated rings. The summed E-state index contributed by atoms with van der Waals surface area (Å²) in [6.07, 6.45) is 2.37. The highest BCUT2D eigenvalue weighted by Gasteiger charge is 2.13. The Bertz CT molecular complexity index is 1150. The third kappa shape index (κ3) is 4.50. The Morgan fingerprint density at radius 1 is 0.966 bits per heavy atom. The first-order valence-electron chi connectivity index (χ1n) is 9.21. The van der Waals surface area contributed by atoms with Crippen LogP contribution in [0, 0.1) is 0 Å². The smallest absolute Gasteiger partial charge is 0.338 e. The summed E-state index contributed by atoms with van der Waals surface area (Å²) in [6, 6.07) is 22.7. The van der Waals surface area contributed by atoms with Crippen LogP contribution in [-0.4, -0.2) is 28.7 Å². The van der Waals surface area contributed by atoms with Gasteiger partial charge >= 0.3 is 5.97 Å². The highest BCUT2D eigenvalue weighted by molar-refractivity contribution is 5.97. The predicted molar refractivity (Wildman–Crippen MR) is 111 cm³/mol. The molecule has 4 aromatic rings. The second-order valence-electron chi connectivity index (χ2n) is 6.62. The van der Waals surface area contributed by atoms with Gasteiger partial charge in [-0.2, -0.15) is 5.10 Å². The third-order valence-electron chi connectivity index (χ3n) is 4.54. The largest absolute Gasteiger partial charge is 0.452 e. The van der Waals surface area contributed by atoms with Gasteiger partial charge in [0.15, 0.2) is 6.61 Å². The lowest BCUT2D eigenvalue weighted by atomic mass is 10.0. The Morgan fingerprint density at radius 2 is 1.76 bits per heavy atom. The van der Waals surface area contributed by atoms with Crippen molar-refractivity contribution >= 4 is 28.5 Å². The molecular weight excluding hydrogens is 366 g/mol. The number of H-pyrrole nitrogens is 1. The van der Waals surface area contributed by atoms with E-state index in [0.717, 1.165) is 22.0 Å². The molecule has 1 amide bonds. The van der Waals surface area contributed by atoms with E-state index in [0.29, 0.717) is 17.7 Å². The molecule has 0 bridgehead atoms. The molecule has 144 valence electrons. The zero-order valence-corrected chi connectivity index (χ0v) is 15.6. The second-order valence-corrected chi connectivity index (χ2v) is 6.62. The number of carbonyl (C=O) groups is 2. The number of aromatic nitrogens is 2. The van der Waals surface area contributed by atoms with E-state index < -0.39 is 5.97 Å². The summed E-state index contributed by atoms with van der Waals surface area (Å²) in [6.45, 7) is -0.362. The Labute approximate surface area is 167 Å². The summed E-state index contributed by atoms with van der Waals surface area (Å²) in [5.74, 6) is -0.948. The zero-order chi connectivity index (χ0) is 20.1. The Kier molecular flexibility index (Phi) is 5.33. The number of esters is 1. The van der Waals surface area contributed by atoms with Crippen LogP contribution < -0.4 is 5.32 Å². The highest BCUT2D eigenvalue weighted by atomic mass is 16.5. The number of nitrogens with zero attached hydrogens (tertiary/aromatic N) is 1. The molecule has 0 spiro atoms. The van der Waals surface area contributed by atoms with Crippen LogP contribution in [0.5, 0.6) is 0 Å². The van der Waals surface area contributed by atoms with Crippen LogP contribution >= 0.6 is 0 Å². The molecule has 0 radical (unpaired) electrons. The maximum absolute atomic E-state index is 12.3. The van der Waals surface area contributed by atoms with Gasteiger partial charge in [-0.3, -0.25) is 9.89 Å². The summed E-state index contributed by atoms with van der Waals surface area (Å²) in [5, 5.41) is 10.4. The first kappa shape index (κ1) is 18.4. The topological polar surface area (TPSA) is 84.1 Å². The van der Waals surface area contributed by atoms with E-state index in [9.17, 15) is 9.59 Å². The number of aromatic amines is 1. The van der Waals surface area contributed by atoms with Crippen LogP contribution in [0.1, 0.15) is 21.5 Å². The van der Waals surface area contributed by atoms with Crippen molar-refractivity contribution in [2.45, 2.75) is 6.42 Å². The number of hydrogen-bond acceptors (Lipinski definition) is 4. The lowest BCUT2D eigenvalue weighted by Gasteiger charge is -2.11. The van der Waals surface area contributed by atoms with E-state index in [-0.39, 0.29) is 12.5 Å². The molecule has 3 aromatic carbocycles. The minimum Gasteiger partial charge on any atom is -0.452 e. The highest BCUT2D eigenvalue weighted by Crippen LogP contribution is 2.19. The average molecular weight is 385 g/mol. The SMILES string of the molecule is O=C(COC(=O)c1ccc2cn[nH]c2c1)Nc1ccccc1Cc1ccccc1. The van der Waals surface area contributed by atoms with Crippen molar-refractivity contribution in [3.63, 3.8) is 0 Å². The molecule has 0 aliphatic heterocycles. The van der Waals surface area contributed by atoms with Crippen LogP contribution in [0.4, 0.5) is 5.69 Å². The molecule has 0 atom stereocenters. The van der Waals surface area contributed by atoms with Crippen molar-refractivity contribution in [1.29, 1.82) is 0 Å². The van der Waals surface area contributed by atoms with Crippen molar-refractivity contribution in [2.75, 3.05) is 11.9 Å². The molecule has 6 nitrogen and oxygen atoms in total. The van der Waals surface area contributed by atoms with Crippen LogP contribution in [0.3, 0.4) is 0 Å². The van der Waals surface area contributed by atoms with Crippen molar-refractivity contribution in [1.82, 2.24) is 10.2 Å².